The second-order valence-corrected chi connectivity index (χ2v) is 6.45. The van der Waals surface area contributed by atoms with Crippen molar-refractivity contribution >= 4 is 22.8 Å². The third kappa shape index (κ3) is 1.94. The molecule has 2 aromatic heterocycles. The Balaban J connectivity index is 2.07. The molecule has 0 fully saturated rings. The number of aryl methyl sites for hydroxylation is 1. The van der Waals surface area contributed by atoms with Crippen LogP contribution in [-0.2, 0) is 20.6 Å². The van der Waals surface area contributed by atoms with Gasteiger partial charge in [-0.3, -0.25) is 13.9 Å². The van der Waals surface area contributed by atoms with Gasteiger partial charge in [-0.25, -0.2) is 4.79 Å². The van der Waals surface area contributed by atoms with E-state index in [0.717, 1.165) is 16.8 Å². The van der Waals surface area contributed by atoms with Crippen molar-refractivity contribution < 1.29 is 0 Å². The first-order valence-electron chi connectivity index (χ1n) is 7.98. The van der Waals surface area contributed by atoms with E-state index in [-0.39, 0.29) is 11.2 Å². The van der Waals surface area contributed by atoms with Crippen LogP contribution in [0.15, 0.2) is 39.9 Å². The van der Waals surface area contributed by atoms with Crippen LogP contribution in [0, 0.1) is 5.92 Å². The summed E-state index contributed by atoms with van der Waals surface area (Å²) in [6.07, 6.45) is 0. The van der Waals surface area contributed by atoms with E-state index < -0.39 is 0 Å². The standard InChI is InChI=1S/C17H19N5O2/c1-11-9-21(12-7-5-4-6-8-12)16-18-14-13(22(16)10-11)15(23)20(3)17(24)19(14)2/h4-8,11H,9-10H2,1-3H3. The third-order valence-corrected chi connectivity index (χ3v) is 4.63. The summed E-state index contributed by atoms with van der Waals surface area (Å²) in [4.78, 5) is 31.6. The molecule has 0 radical (unpaired) electrons. The Labute approximate surface area is 138 Å². The summed E-state index contributed by atoms with van der Waals surface area (Å²) in [7, 11) is 3.16. The fourth-order valence-electron chi connectivity index (χ4n) is 3.41. The molecule has 4 rings (SSSR count). The predicted molar refractivity (Wildman–Crippen MR) is 92.8 cm³/mol. The van der Waals surface area contributed by atoms with Crippen LogP contribution in [0.3, 0.4) is 0 Å². The Kier molecular flexibility index (Phi) is 3.13. The van der Waals surface area contributed by atoms with E-state index >= 15 is 0 Å². The average Bonchev–Trinajstić information content (AvgIpc) is 2.97. The van der Waals surface area contributed by atoms with Crippen molar-refractivity contribution in [2.75, 3.05) is 11.4 Å². The van der Waals surface area contributed by atoms with Gasteiger partial charge in [0.2, 0.25) is 5.95 Å². The first-order valence-corrected chi connectivity index (χ1v) is 7.98. The molecule has 1 unspecified atom stereocenters. The van der Waals surface area contributed by atoms with E-state index in [1.165, 1.54) is 11.6 Å². The van der Waals surface area contributed by atoms with Crippen molar-refractivity contribution in [1.29, 1.82) is 0 Å². The van der Waals surface area contributed by atoms with Crippen LogP contribution in [0.2, 0.25) is 0 Å². The number of fused-ring (bicyclic) bond motifs is 3. The zero-order chi connectivity index (χ0) is 17.0. The highest BCUT2D eigenvalue weighted by Crippen LogP contribution is 2.32. The number of para-hydroxylation sites is 1. The quantitative estimate of drug-likeness (QED) is 0.675. The molecule has 0 amide bonds. The number of benzene rings is 1. The van der Waals surface area contributed by atoms with Gasteiger partial charge in [0.05, 0.1) is 0 Å². The molecule has 0 N–H and O–H groups in total. The van der Waals surface area contributed by atoms with Crippen molar-refractivity contribution in [3.05, 3.63) is 51.2 Å². The van der Waals surface area contributed by atoms with Gasteiger partial charge in [0, 0.05) is 32.9 Å². The fourth-order valence-corrected chi connectivity index (χ4v) is 3.41. The topological polar surface area (TPSA) is 65.1 Å². The summed E-state index contributed by atoms with van der Waals surface area (Å²) >= 11 is 0. The molecule has 0 bridgehead atoms. The monoisotopic (exact) mass is 325 g/mol. The van der Waals surface area contributed by atoms with Gasteiger partial charge in [0.15, 0.2) is 11.2 Å². The molecule has 24 heavy (non-hydrogen) atoms. The molecule has 0 saturated heterocycles. The average molecular weight is 325 g/mol. The second-order valence-electron chi connectivity index (χ2n) is 6.45. The molecular weight excluding hydrogens is 306 g/mol. The highest BCUT2D eigenvalue weighted by Gasteiger charge is 2.29. The Bertz CT molecular complexity index is 1040. The number of imidazole rings is 1. The molecule has 124 valence electrons. The Morgan fingerprint density at radius 1 is 1.04 bits per heavy atom. The lowest BCUT2D eigenvalue weighted by Gasteiger charge is -2.32. The highest BCUT2D eigenvalue weighted by atomic mass is 16.2. The second kappa shape index (κ2) is 5.09. The van der Waals surface area contributed by atoms with Crippen molar-refractivity contribution in [3.8, 4) is 0 Å². The highest BCUT2D eigenvalue weighted by molar-refractivity contribution is 5.77. The molecular formula is C17H19N5O2. The minimum Gasteiger partial charge on any atom is -0.312 e. The van der Waals surface area contributed by atoms with Gasteiger partial charge in [0.1, 0.15) is 0 Å². The summed E-state index contributed by atoms with van der Waals surface area (Å²) in [5.41, 5.74) is 1.30. The maximum Gasteiger partial charge on any atom is 0.332 e. The van der Waals surface area contributed by atoms with Gasteiger partial charge < -0.3 is 9.47 Å². The molecule has 1 aromatic carbocycles. The third-order valence-electron chi connectivity index (χ3n) is 4.63. The van der Waals surface area contributed by atoms with E-state index in [9.17, 15) is 9.59 Å². The molecule has 3 aromatic rings. The van der Waals surface area contributed by atoms with E-state index in [0.29, 0.717) is 29.6 Å². The van der Waals surface area contributed by atoms with Crippen LogP contribution in [0.1, 0.15) is 6.92 Å². The SMILES string of the molecule is CC1CN(c2ccccc2)c2nc3c(c(=O)n(C)c(=O)n3C)n2C1. The van der Waals surface area contributed by atoms with E-state index in [4.69, 9.17) is 0 Å². The van der Waals surface area contributed by atoms with Crippen LogP contribution >= 0.6 is 0 Å². The minimum absolute atomic E-state index is 0.297. The van der Waals surface area contributed by atoms with Crippen molar-refractivity contribution in [1.82, 2.24) is 18.7 Å². The number of aromatic nitrogens is 4. The molecule has 3 heterocycles. The van der Waals surface area contributed by atoms with E-state index in [1.807, 2.05) is 34.9 Å². The Hall–Kier alpha value is -2.83. The normalized spacial score (nSPS) is 17.3. The van der Waals surface area contributed by atoms with E-state index in [1.54, 1.807) is 7.05 Å². The molecule has 1 atom stereocenters. The maximum atomic E-state index is 12.7. The maximum absolute atomic E-state index is 12.7. The lowest BCUT2D eigenvalue weighted by Crippen LogP contribution is -2.38. The van der Waals surface area contributed by atoms with Gasteiger partial charge in [-0.2, -0.15) is 4.98 Å². The minimum atomic E-state index is -0.359. The van der Waals surface area contributed by atoms with Crippen molar-refractivity contribution in [3.63, 3.8) is 0 Å². The number of hydrogen-bond donors (Lipinski definition) is 0. The lowest BCUT2D eigenvalue weighted by molar-refractivity contribution is 0.458. The zero-order valence-electron chi connectivity index (χ0n) is 13.9. The summed E-state index contributed by atoms with van der Waals surface area (Å²) in [6.45, 7) is 3.68. The molecule has 0 saturated carbocycles. The van der Waals surface area contributed by atoms with Gasteiger partial charge in [0.25, 0.3) is 5.56 Å². The van der Waals surface area contributed by atoms with Gasteiger partial charge in [-0.1, -0.05) is 25.1 Å². The van der Waals surface area contributed by atoms with Gasteiger partial charge >= 0.3 is 5.69 Å². The van der Waals surface area contributed by atoms with Crippen molar-refractivity contribution in [2.45, 2.75) is 13.5 Å². The van der Waals surface area contributed by atoms with Crippen LogP contribution in [0.4, 0.5) is 11.6 Å². The number of nitrogens with zero attached hydrogens (tertiary/aromatic N) is 5. The van der Waals surface area contributed by atoms with Crippen molar-refractivity contribution in [2.24, 2.45) is 20.0 Å². The number of anilines is 2. The summed E-state index contributed by atoms with van der Waals surface area (Å²) in [6, 6.07) is 9.99. The molecule has 1 aliphatic heterocycles. The summed E-state index contributed by atoms with van der Waals surface area (Å²) in [5, 5.41) is 0. The molecule has 0 aliphatic carbocycles. The first kappa shape index (κ1) is 14.7. The predicted octanol–water partition coefficient (Wildman–Crippen LogP) is 1.22. The number of rotatable bonds is 1. The Morgan fingerprint density at radius 3 is 2.46 bits per heavy atom. The largest absolute Gasteiger partial charge is 0.332 e. The van der Waals surface area contributed by atoms with Crippen LogP contribution in [-0.4, -0.2) is 25.2 Å². The summed E-state index contributed by atoms with van der Waals surface area (Å²) in [5.74, 6) is 1.07. The van der Waals surface area contributed by atoms with Crippen LogP contribution < -0.4 is 16.1 Å². The summed E-state index contributed by atoms with van der Waals surface area (Å²) < 4.78 is 4.53. The fraction of sp³-hybridized carbons (Fsp3) is 0.353. The molecule has 0 spiro atoms. The zero-order valence-corrected chi connectivity index (χ0v) is 13.9. The molecule has 7 heteroatoms. The van der Waals surface area contributed by atoms with Gasteiger partial charge in [-0.15, -0.1) is 0 Å². The molecule has 7 nitrogen and oxygen atoms in total. The van der Waals surface area contributed by atoms with Gasteiger partial charge in [-0.05, 0) is 18.1 Å². The Morgan fingerprint density at radius 2 is 1.75 bits per heavy atom. The van der Waals surface area contributed by atoms with Crippen LogP contribution in [0.25, 0.3) is 11.2 Å². The lowest BCUT2D eigenvalue weighted by atomic mass is 10.1. The molecule has 1 aliphatic rings. The van der Waals surface area contributed by atoms with Crippen LogP contribution in [0.5, 0.6) is 0 Å². The van der Waals surface area contributed by atoms with E-state index in [2.05, 4.69) is 16.8 Å². The first-order chi connectivity index (χ1) is 11.5. The number of hydrogen-bond acceptors (Lipinski definition) is 4. The smallest absolute Gasteiger partial charge is 0.312 e.